The van der Waals surface area contributed by atoms with Crippen LogP contribution >= 0.6 is 0 Å². The predicted molar refractivity (Wildman–Crippen MR) is 113 cm³/mol. The summed E-state index contributed by atoms with van der Waals surface area (Å²) in [5, 5.41) is 29.0. The van der Waals surface area contributed by atoms with Crippen molar-refractivity contribution < 1.29 is 24.8 Å². The minimum atomic E-state index is -1.03. The summed E-state index contributed by atoms with van der Waals surface area (Å²) in [6.07, 6.45) is 17.7. The van der Waals surface area contributed by atoms with Crippen LogP contribution in [0.3, 0.4) is 0 Å². The second-order valence-electron chi connectivity index (χ2n) is 8.08. The molecule has 1 aliphatic heterocycles. The van der Waals surface area contributed by atoms with Gasteiger partial charge in [-0.05, 0) is 25.7 Å². The van der Waals surface area contributed by atoms with Crippen molar-refractivity contribution in [2.75, 3.05) is 19.8 Å². The quantitative estimate of drug-likeness (QED) is 0.238. The topological polar surface area (TPSA) is 79.2 Å². The predicted octanol–water partition coefficient (Wildman–Crippen LogP) is 4.13. The van der Waals surface area contributed by atoms with Crippen LogP contribution in [0.5, 0.6) is 0 Å². The van der Waals surface area contributed by atoms with Crippen LogP contribution in [0.25, 0.3) is 0 Å². The van der Waals surface area contributed by atoms with Crippen molar-refractivity contribution >= 4 is 0 Å². The maximum atomic E-state index is 9.93. The number of hydrogen-bond acceptors (Lipinski definition) is 5. The molecule has 0 saturated carbocycles. The monoisotopic (exact) mass is 400 g/mol. The fourth-order valence-electron chi connectivity index (χ4n) is 3.55. The van der Waals surface area contributed by atoms with Gasteiger partial charge in [0, 0.05) is 6.61 Å². The number of hydrogen-bond donors (Lipinski definition) is 3. The molecule has 5 heteroatoms. The summed E-state index contributed by atoms with van der Waals surface area (Å²) >= 11 is 0. The van der Waals surface area contributed by atoms with Gasteiger partial charge in [0.1, 0.15) is 24.4 Å². The first-order valence-electron chi connectivity index (χ1n) is 11.5. The normalized spacial score (nSPS) is 23.6. The van der Waals surface area contributed by atoms with Crippen molar-refractivity contribution in [3.63, 3.8) is 0 Å². The summed E-state index contributed by atoms with van der Waals surface area (Å²) < 4.78 is 10.6. The van der Waals surface area contributed by atoms with E-state index < -0.39 is 24.4 Å². The van der Waals surface area contributed by atoms with Gasteiger partial charge in [-0.15, -0.1) is 0 Å². The molecule has 0 radical (unpaired) electrons. The number of aliphatic hydroxyl groups excluding tert-OH is 3. The second-order valence-corrected chi connectivity index (χ2v) is 8.08. The van der Waals surface area contributed by atoms with E-state index in [4.69, 9.17) is 9.47 Å². The molecule has 0 spiro atoms. The highest BCUT2D eigenvalue weighted by atomic mass is 16.5. The van der Waals surface area contributed by atoms with E-state index in [0.29, 0.717) is 6.61 Å². The van der Waals surface area contributed by atoms with Crippen molar-refractivity contribution in [3.05, 3.63) is 12.2 Å². The molecule has 5 nitrogen and oxygen atoms in total. The van der Waals surface area contributed by atoms with Crippen molar-refractivity contribution in [3.8, 4) is 0 Å². The molecule has 0 unspecified atom stereocenters. The maximum Gasteiger partial charge on any atom is 0.114 e. The zero-order valence-corrected chi connectivity index (χ0v) is 17.9. The molecule has 0 aliphatic carbocycles. The highest BCUT2D eigenvalue weighted by Gasteiger charge is 2.39. The summed E-state index contributed by atoms with van der Waals surface area (Å²) in [5.41, 5.74) is 0. The lowest BCUT2D eigenvalue weighted by molar-refractivity contribution is -0.0811. The summed E-state index contributed by atoms with van der Waals surface area (Å²) in [4.78, 5) is 0. The Hall–Kier alpha value is -0.460. The molecule has 0 aromatic heterocycles. The van der Waals surface area contributed by atoms with Crippen LogP contribution in [0.15, 0.2) is 12.2 Å². The number of unbranched alkanes of at least 4 members (excludes halogenated alkanes) is 11. The highest BCUT2D eigenvalue weighted by Crippen LogP contribution is 2.18. The van der Waals surface area contributed by atoms with Crippen molar-refractivity contribution in [1.82, 2.24) is 0 Å². The van der Waals surface area contributed by atoms with Crippen molar-refractivity contribution in [2.45, 2.75) is 115 Å². The van der Waals surface area contributed by atoms with Crippen molar-refractivity contribution in [1.29, 1.82) is 0 Å². The minimum Gasteiger partial charge on any atom is -0.388 e. The van der Waals surface area contributed by atoms with Gasteiger partial charge in [0.2, 0.25) is 0 Å². The zero-order chi connectivity index (χ0) is 20.5. The third-order valence-corrected chi connectivity index (χ3v) is 5.41. The fraction of sp³-hybridized carbons (Fsp3) is 0.913. The van der Waals surface area contributed by atoms with E-state index in [-0.39, 0.29) is 13.2 Å². The molecule has 0 aromatic rings. The van der Waals surface area contributed by atoms with Gasteiger partial charge in [-0.1, -0.05) is 76.9 Å². The molecular weight excluding hydrogens is 356 g/mol. The molecule has 1 fully saturated rings. The van der Waals surface area contributed by atoms with E-state index in [1.807, 2.05) is 0 Å². The van der Waals surface area contributed by atoms with Gasteiger partial charge in [-0.25, -0.2) is 0 Å². The Labute approximate surface area is 172 Å². The Kier molecular flexibility index (Phi) is 15.9. The van der Waals surface area contributed by atoms with Crippen LogP contribution in [-0.4, -0.2) is 59.6 Å². The molecule has 1 aliphatic rings. The van der Waals surface area contributed by atoms with Crippen LogP contribution in [0, 0.1) is 0 Å². The van der Waals surface area contributed by atoms with Crippen LogP contribution in [0.2, 0.25) is 0 Å². The molecule has 0 bridgehead atoms. The summed E-state index contributed by atoms with van der Waals surface area (Å²) in [6.45, 7) is 3.02. The Bertz CT molecular complexity index is 374. The molecule has 166 valence electrons. The third-order valence-electron chi connectivity index (χ3n) is 5.41. The van der Waals surface area contributed by atoms with Gasteiger partial charge in [-0.3, -0.25) is 0 Å². The molecule has 1 heterocycles. The lowest BCUT2D eigenvalue weighted by Crippen LogP contribution is -2.40. The van der Waals surface area contributed by atoms with Crippen LogP contribution < -0.4 is 0 Å². The maximum absolute atomic E-state index is 9.93. The Balaban J connectivity index is 1.81. The van der Waals surface area contributed by atoms with E-state index >= 15 is 0 Å². The number of ether oxygens (including phenoxy) is 2. The lowest BCUT2D eigenvalue weighted by atomic mass is 10.1. The Morgan fingerprint density at radius 1 is 0.893 bits per heavy atom. The van der Waals surface area contributed by atoms with E-state index in [9.17, 15) is 15.3 Å². The molecule has 4 atom stereocenters. The largest absolute Gasteiger partial charge is 0.388 e. The zero-order valence-electron chi connectivity index (χ0n) is 17.9. The van der Waals surface area contributed by atoms with E-state index in [2.05, 4.69) is 19.1 Å². The molecule has 3 N–H and O–H groups in total. The smallest absolute Gasteiger partial charge is 0.114 e. The average Bonchev–Trinajstić information content (AvgIpc) is 3.03. The van der Waals surface area contributed by atoms with Crippen molar-refractivity contribution in [2.24, 2.45) is 0 Å². The number of allylic oxidation sites excluding steroid dienone is 2. The summed E-state index contributed by atoms with van der Waals surface area (Å²) in [6, 6.07) is 0. The SMILES string of the molecule is CCCCCCCCCCCC/C=C/CCCOC[C@H](O)[C@H]1OC[C@@H](O)[C@H]1O. The first kappa shape index (κ1) is 25.6. The highest BCUT2D eigenvalue weighted by molar-refractivity contribution is 4.87. The molecule has 28 heavy (non-hydrogen) atoms. The van der Waals surface area contributed by atoms with E-state index in [0.717, 1.165) is 19.3 Å². The average molecular weight is 401 g/mol. The lowest BCUT2D eigenvalue weighted by Gasteiger charge is -2.20. The van der Waals surface area contributed by atoms with Gasteiger partial charge in [0.25, 0.3) is 0 Å². The van der Waals surface area contributed by atoms with Gasteiger partial charge < -0.3 is 24.8 Å². The molecule has 0 aromatic carbocycles. The number of aliphatic hydroxyl groups is 3. The van der Waals surface area contributed by atoms with Gasteiger partial charge in [-0.2, -0.15) is 0 Å². The molecule has 1 rings (SSSR count). The second kappa shape index (κ2) is 17.4. The van der Waals surface area contributed by atoms with Gasteiger partial charge in [0.15, 0.2) is 0 Å². The van der Waals surface area contributed by atoms with E-state index in [1.165, 1.54) is 64.2 Å². The van der Waals surface area contributed by atoms with Gasteiger partial charge in [0.05, 0.1) is 13.2 Å². The Morgan fingerprint density at radius 3 is 2.04 bits per heavy atom. The van der Waals surface area contributed by atoms with Crippen LogP contribution in [0.4, 0.5) is 0 Å². The molecule has 0 amide bonds. The molecular formula is C23H44O5. The number of rotatable bonds is 18. The standard InChI is InChI=1S/C23H44O5/c1-2-3-4-5-6-7-8-9-10-11-12-13-14-15-16-17-27-18-21(25)23-22(26)20(24)19-28-23/h13-14,20-26H,2-12,15-19H2,1H3/b14-13+/t20-,21+,22-,23-/m1/s1. The van der Waals surface area contributed by atoms with Crippen LogP contribution in [-0.2, 0) is 9.47 Å². The minimum absolute atomic E-state index is 0.0622. The first-order valence-corrected chi connectivity index (χ1v) is 11.5. The first-order chi connectivity index (χ1) is 13.7. The van der Waals surface area contributed by atoms with Gasteiger partial charge >= 0.3 is 0 Å². The summed E-state index contributed by atoms with van der Waals surface area (Å²) in [5.74, 6) is 0. The summed E-state index contributed by atoms with van der Waals surface area (Å²) in [7, 11) is 0. The van der Waals surface area contributed by atoms with Crippen LogP contribution in [0.1, 0.15) is 90.4 Å². The molecule has 1 saturated heterocycles. The third kappa shape index (κ3) is 12.2. The van der Waals surface area contributed by atoms with E-state index in [1.54, 1.807) is 0 Å². The Morgan fingerprint density at radius 2 is 1.46 bits per heavy atom. The fourth-order valence-corrected chi connectivity index (χ4v) is 3.55.